The molecule has 1 N–H and O–H groups in total. The fraction of sp³-hybridized carbons (Fsp3) is 0.100. The molecule has 0 radical (unpaired) electrons. The number of pyridine rings is 1. The maximum absolute atomic E-state index is 13.6. The maximum atomic E-state index is 13.6. The van der Waals surface area contributed by atoms with Crippen LogP contribution in [0.25, 0.3) is 0 Å². The fourth-order valence-electron chi connectivity index (χ4n) is 2.45. The molecule has 4 nitrogen and oxygen atoms in total. The SMILES string of the molecule is Cc1ccc(NC(=O)c2ccc(=O)n(Cc3ccc(Br)cc3)c2)cc1F. The highest BCUT2D eigenvalue weighted by atomic mass is 79.9. The van der Waals surface area contributed by atoms with E-state index in [1.165, 1.54) is 29.0 Å². The lowest BCUT2D eigenvalue weighted by Crippen LogP contribution is -2.22. The Morgan fingerprint density at radius 2 is 1.85 bits per heavy atom. The molecule has 0 aliphatic rings. The maximum Gasteiger partial charge on any atom is 0.257 e. The van der Waals surface area contributed by atoms with Gasteiger partial charge in [-0.3, -0.25) is 9.59 Å². The summed E-state index contributed by atoms with van der Waals surface area (Å²) in [7, 11) is 0. The molecule has 0 atom stereocenters. The number of nitrogens with zero attached hydrogens (tertiary/aromatic N) is 1. The normalized spacial score (nSPS) is 10.6. The van der Waals surface area contributed by atoms with Crippen LogP contribution in [0.2, 0.25) is 0 Å². The van der Waals surface area contributed by atoms with E-state index >= 15 is 0 Å². The van der Waals surface area contributed by atoms with E-state index in [4.69, 9.17) is 0 Å². The van der Waals surface area contributed by atoms with Crippen molar-refractivity contribution in [3.63, 3.8) is 0 Å². The van der Waals surface area contributed by atoms with Gasteiger partial charge in [-0.1, -0.05) is 34.1 Å². The Hall–Kier alpha value is -2.73. The number of amides is 1. The standard InChI is InChI=1S/C20H16BrFN2O2/c1-13-2-8-17(10-18(13)22)23-20(26)15-5-9-19(25)24(12-15)11-14-3-6-16(21)7-4-14/h2-10,12H,11H2,1H3,(H,23,26). The first-order valence-corrected chi connectivity index (χ1v) is 8.74. The molecule has 1 heterocycles. The average Bonchev–Trinajstić information content (AvgIpc) is 2.62. The van der Waals surface area contributed by atoms with Crippen LogP contribution in [0.5, 0.6) is 0 Å². The largest absolute Gasteiger partial charge is 0.322 e. The number of benzene rings is 2. The number of halogens is 2. The van der Waals surface area contributed by atoms with Gasteiger partial charge in [0.1, 0.15) is 5.82 Å². The summed E-state index contributed by atoms with van der Waals surface area (Å²) in [6.45, 7) is 2.01. The molecule has 0 bridgehead atoms. The van der Waals surface area contributed by atoms with E-state index in [9.17, 15) is 14.0 Å². The Morgan fingerprint density at radius 1 is 1.12 bits per heavy atom. The number of hydrogen-bond acceptors (Lipinski definition) is 2. The number of aromatic nitrogens is 1. The smallest absolute Gasteiger partial charge is 0.257 e. The van der Waals surface area contributed by atoms with E-state index in [0.717, 1.165) is 10.0 Å². The number of hydrogen-bond donors (Lipinski definition) is 1. The fourth-order valence-corrected chi connectivity index (χ4v) is 2.71. The highest BCUT2D eigenvalue weighted by molar-refractivity contribution is 9.10. The third-order valence-corrected chi connectivity index (χ3v) is 4.47. The summed E-state index contributed by atoms with van der Waals surface area (Å²) in [6.07, 6.45) is 1.50. The summed E-state index contributed by atoms with van der Waals surface area (Å²) in [5.41, 5.74) is 1.93. The van der Waals surface area contributed by atoms with Crippen molar-refractivity contribution in [3.8, 4) is 0 Å². The minimum Gasteiger partial charge on any atom is -0.322 e. The van der Waals surface area contributed by atoms with Gasteiger partial charge in [-0.25, -0.2) is 4.39 Å². The van der Waals surface area contributed by atoms with Crippen molar-refractivity contribution >= 4 is 27.5 Å². The summed E-state index contributed by atoms with van der Waals surface area (Å²) in [4.78, 5) is 24.5. The molecule has 0 saturated heterocycles. The second-order valence-corrected chi connectivity index (χ2v) is 6.84. The average molecular weight is 415 g/mol. The van der Waals surface area contributed by atoms with Crippen LogP contribution in [0.4, 0.5) is 10.1 Å². The van der Waals surface area contributed by atoms with Crippen LogP contribution < -0.4 is 10.9 Å². The van der Waals surface area contributed by atoms with Crippen molar-refractivity contribution in [1.29, 1.82) is 0 Å². The van der Waals surface area contributed by atoms with Gasteiger partial charge in [0.05, 0.1) is 12.1 Å². The predicted octanol–water partition coefficient (Wildman–Crippen LogP) is 4.36. The zero-order chi connectivity index (χ0) is 18.7. The van der Waals surface area contributed by atoms with Gasteiger partial charge in [-0.15, -0.1) is 0 Å². The molecule has 26 heavy (non-hydrogen) atoms. The Morgan fingerprint density at radius 3 is 2.54 bits per heavy atom. The molecule has 0 aliphatic carbocycles. The van der Waals surface area contributed by atoms with E-state index in [0.29, 0.717) is 23.4 Å². The number of nitrogens with one attached hydrogen (secondary N) is 1. The minimum atomic E-state index is -0.405. The molecule has 2 aromatic carbocycles. The van der Waals surface area contributed by atoms with E-state index in [2.05, 4.69) is 21.2 Å². The highest BCUT2D eigenvalue weighted by Gasteiger charge is 2.10. The van der Waals surface area contributed by atoms with Gasteiger partial charge < -0.3 is 9.88 Å². The van der Waals surface area contributed by atoms with Gasteiger partial charge >= 0.3 is 0 Å². The molecule has 6 heteroatoms. The number of carbonyl (C=O) groups is 1. The van der Waals surface area contributed by atoms with Crippen LogP contribution in [0, 0.1) is 12.7 Å². The molecule has 0 fully saturated rings. The third kappa shape index (κ3) is 4.26. The zero-order valence-electron chi connectivity index (χ0n) is 14.0. The van der Waals surface area contributed by atoms with Crippen LogP contribution >= 0.6 is 15.9 Å². The molecule has 3 aromatic rings. The predicted molar refractivity (Wildman–Crippen MR) is 103 cm³/mol. The summed E-state index contributed by atoms with van der Waals surface area (Å²) < 4.78 is 16.0. The van der Waals surface area contributed by atoms with Crippen molar-refractivity contribution in [2.24, 2.45) is 0 Å². The van der Waals surface area contributed by atoms with Crippen LogP contribution in [0.15, 0.2) is 70.1 Å². The quantitative estimate of drug-likeness (QED) is 0.689. The van der Waals surface area contributed by atoms with Crippen LogP contribution in [0.1, 0.15) is 21.5 Å². The van der Waals surface area contributed by atoms with Gasteiger partial charge in [0, 0.05) is 22.4 Å². The topological polar surface area (TPSA) is 51.1 Å². The van der Waals surface area contributed by atoms with Gasteiger partial charge in [-0.2, -0.15) is 0 Å². The van der Waals surface area contributed by atoms with E-state index < -0.39 is 5.91 Å². The summed E-state index contributed by atoms with van der Waals surface area (Å²) >= 11 is 3.37. The molecule has 3 rings (SSSR count). The van der Waals surface area contributed by atoms with Crippen molar-refractivity contribution in [3.05, 3.63) is 98.1 Å². The molecule has 1 aromatic heterocycles. The van der Waals surface area contributed by atoms with Gasteiger partial charge in [-0.05, 0) is 48.4 Å². The van der Waals surface area contributed by atoms with E-state index in [-0.39, 0.29) is 11.4 Å². The van der Waals surface area contributed by atoms with Gasteiger partial charge in [0.2, 0.25) is 0 Å². The van der Waals surface area contributed by atoms with Crippen LogP contribution in [-0.4, -0.2) is 10.5 Å². The molecular formula is C20H16BrFN2O2. The lowest BCUT2D eigenvalue weighted by Gasteiger charge is -2.10. The van der Waals surface area contributed by atoms with Crippen molar-refractivity contribution in [2.45, 2.75) is 13.5 Å². The van der Waals surface area contributed by atoms with Crippen LogP contribution in [-0.2, 0) is 6.54 Å². The second-order valence-electron chi connectivity index (χ2n) is 5.93. The lowest BCUT2D eigenvalue weighted by molar-refractivity contribution is 0.102. The molecule has 0 spiro atoms. The summed E-state index contributed by atoms with van der Waals surface area (Å²) in [5.74, 6) is -0.791. The highest BCUT2D eigenvalue weighted by Crippen LogP contribution is 2.15. The number of aryl methyl sites for hydroxylation is 1. The molecular weight excluding hydrogens is 399 g/mol. The Bertz CT molecular complexity index is 1010. The Labute approximate surface area is 158 Å². The molecule has 0 unspecified atom stereocenters. The minimum absolute atomic E-state index is 0.203. The van der Waals surface area contributed by atoms with Gasteiger partial charge in [0.25, 0.3) is 11.5 Å². The first kappa shape index (κ1) is 18.1. The third-order valence-electron chi connectivity index (χ3n) is 3.94. The molecule has 0 saturated carbocycles. The van der Waals surface area contributed by atoms with Crippen molar-refractivity contribution in [1.82, 2.24) is 4.57 Å². The Kier molecular flexibility index (Phi) is 5.32. The first-order valence-electron chi connectivity index (χ1n) is 7.95. The Balaban J connectivity index is 1.81. The molecule has 0 aliphatic heterocycles. The zero-order valence-corrected chi connectivity index (χ0v) is 15.6. The summed E-state index contributed by atoms with van der Waals surface area (Å²) in [5, 5.41) is 2.64. The molecule has 1 amide bonds. The van der Waals surface area contributed by atoms with Crippen LogP contribution in [0.3, 0.4) is 0 Å². The lowest BCUT2D eigenvalue weighted by atomic mass is 10.2. The number of anilines is 1. The van der Waals surface area contributed by atoms with E-state index in [1.54, 1.807) is 19.1 Å². The van der Waals surface area contributed by atoms with E-state index in [1.807, 2.05) is 24.3 Å². The molecule has 132 valence electrons. The van der Waals surface area contributed by atoms with Gasteiger partial charge in [0.15, 0.2) is 0 Å². The van der Waals surface area contributed by atoms with Crippen molar-refractivity contribution < 1.29 is 9.18 Å². The second kappa shape index (κ2) is 7.66. The summed E-state index contributed by atoms with van der Waals surface area (Å²) in [6, 6.07) is 14.9. The van der Waals surface area contributed by atoms with Crippen molar-refractivity contribution in [2.75, 3.05) is 5.32 Å². The first-order chi connectivity index (χ1) is 12.4. The monoisotopic (exact) mass is 414 g/mol. The number of carbonyl (C=O) groups excluding carboxylic acids is 1. The number of rotatable bonds is 4.